The summed E-state index contributed by atoms with van der Waals surface area (Å²) >= 11 is 6.84. The predicted molar refractivity (Wildman–Crippen MR) is 87.6 cm³/mol. The van der Waals surface area contributed by atoms with Crippen molar-refractivity contribution in [2.45, 2.75) is 11.9 Å². The van der Waals surface area contributed by atoms with E-state index in [0.717, 1.165) is 12.1 Å². The van der Waals surface area contributed by atoms with Gasteiger partial charge in [-0.3, -0.25) is 4.79 Å². The number of thioether (sulfide) groups is 1. The van der Waals surface area contributed by atoms with Crippen LogP contribution in [0.4, 0.5) is 23.2 Å². The SMILES string of the molecule is O=C(CSCc1ccc(Cl)cc1F)Nc1ccc(C(F)(F)F)cc1. The molecule has 0 radical (unpaired) electrons. The minimum Gasteiger partial charge on any atom is -0.325 e. The fourth-order valence-electron chi connectivity index (χ4n) is 1.83. The van der Waals surface area contributed by atoms with Gasteiger partial charge in [0, 0.05) is 16.5 Å². The van der Waals surface area contributed by atoms with Crippen LogP contribution in [-0.4, -0.2) is 11.7 Å². The van der Waals surface area contributed by atoms with Gasteiger partial charge in [-0.25, -0.2) is 4.39 Å². The second-order valence-corrected chi connectivity index (χ2v) is 6.27. The van der Waals surface area contributed by atoms with Gasteiger partial charge in [-0.05, 0) is 42.0 Å². The first-order valence-electron chi connectivity index (χ1n) is 6.74. The number of carbonyl (C=O) groups excluding carboxylic acids is 1. The molecule has 24 heavy (non-hydrogen) atoms. The van der Waals surface area contributed by atoms with Gasteiger partial charge >= 0.3 is 6.18 Å². The quantitative estimate of drug-likeness (QED) is 0.710. The van der Waals surface area contributed by atoms with Crippen molar-refractivity contribution >= 4 is 35.0 Å². The Balaban J connectivity index is 1.83. The maximum Gasteiger partial charge on any atom is 0.416 e. The average Bonchev–Trinajstić information content (AvgIpc) is 2.49. The second kappa shape index (κ2) is 7.90. The Morgan fingerprint density at radius 1 is 1.12 bits per heavy atom. The lowest BCUT2D eigenvalue weighted by atomic mass is 10.2. The van der Waals surface area contributed by atoms with Crippen molar-refractivity contribution in [1.82, 2.24) is 0 Å². The molecule has 0 spiro atoms. The molecule has 0 aromatic heterocycles. The summed E-state index contributed by atoms with van der Waals surface area (Å²) in [6, 6.07) is 8.45. The van der Waals surface area contributed by atoms with Crippen LogP contribution in [0.25, 0.3) is 0 Å². The van der Waals surface area contributed by atoms with Gasteiger partial charge in [0.05, 0.1) is 11.3 Å². The van der Waals surface area contributed by atoms with Crippen molar-refractivity contribution < 1.29 is 22.4 Å². The van der Waals surface area contributed by atoms with Gasteiger partial charge in [0.1, 0.15) is 5.82 Å². The van der Waals surface area contributed by atoms with E-state index in [9.17, 15) is 22.4 Å². The molecule has 1 amide bonds. The fraction of sp³-hybridized carbons (Fsp3) is 0.188. The smallest absolute Gasteiger partial charge is 0.325 e. The maximum absolute atomic E-state index is 13.6. The van der Waals surface area contributed by atoms with Gasteiger partial charge in [-0.2, -0.15) is 13.2 Å². The zero-order valence-electron chi connectivity index (χ0n) is 12.2. The van der Waals surface area contributed by atoms with Crippen molar-refractivity contribution in [2.75, 3.05) is 11.1 Å². The summed E-state index contributed by atoms with van der Waals surface area (Å²) in [4.78, 5) is 11.8. The lowest BCUT2D eigenvalue weighted by Gasteiger charge is -2.09. The van der Waals surface area contributed by atoms with Crippen molar-refractivity contribution in [1.29, 1.82) is 0 Å². The van der Waals surface area contributed by atoms with Gasteiger partial charge in [0.25, 0.3) is 0 Å². The number of anilines is 1. The molecule has 2 rings (SSSR count). The van der Waals surface area contributed by atoms with Crippen LogP contribution in [0.15, 0.2) is 42.5 Å². The first kappa shape index (κ1) is 18.6. The summed E-state index contributed by atoms with van der Waals surface area (Å²) in [5.74, 6) is -0.501. The topological polar surface area (TPSA) is 29.1 Å². The molecule has 2 aromatic rings. The molecule has 0 bridgehead atoms. The van der Waals surface area contributed by atoms with E-state index < -0.39 is 17.6 Å². The van der Waals surface area contributed by atoms with Gasteiger partial charge in [0.2, 0.25) is 5.91 Å². The summed E-state index contributed by atoms with van der Waals surface area (Å²) in [5.41, 5.74) is -0.0916. The lowest BCUT2D eigenvalue weighted by molar-refractivity contribution is -0.137. The summed E-state index contributed by atoms with van der Waals surface area (Å²) in [5, 5.41) is 2.78. The zero-order valence-corrected chi connectivity index (χ0v) is 13.7. The average molecular weight is 378 g/mol. The van der Waals surface area contributed by atoms with E-state index in [1.807, 2.05) is 0 Å². The number of alkyl halides is 3. The summed E-state index contributed by atoms with van der Waals surface area (Å²) in [6.07, 6.45) is -4.42. The van der Waals surface area contributed by atoms with E-state index in [1.54, 1.807) is 12.1 Å². The van der Waals surface area contributed by atoms with Crippen molar-refractivity contribution in [3.05, 3.63) is 64.4 Å². The molecule has 8 heteroatoms. The van der Waals surface area contributed by atoms with Crippen LogP contribution < -0.4 is 5.32 Å². The Bertz CT molecular complexity index is 719. The molecule has 0 aliphatic heterocycles. The van der Waals surface area contributed by atoms with E-state index in [2.05, 4.69) is 5.32 Å². The van der Waals surface area contributed by atoms with Gasteiger partial charge in [-0.1, -0.05) is 17.7 Å². The highest BCUT2D eigenvalue weighted by atomic mass is 35.5. The number of amides is 1. The van der Waals surface area contributed by atoms with E-state index in [4.69, 9.17) is 11.6 Å². The zero-order chi connectivity index (χ0) is 17.7. The molecule has 2 aromatic carbocycles. The Morgan fingerprint density at radius 2 is 1.79 bits per heavy atom. The van der Waals surface area contributed by atoms with E-state index in [1.165, 1.54) is 30.0 Å². The number of carbonyl (C=O) groups is 1. The van der Waals surface area contributed by atoms with Crippen molar-refractivity contribution in [2.24, 2.45) is 0 Å². The normalized spacial score (nSPS) is 11.4. The highest BCUT2D eigenvalue weighted by molar-refractivity contribution is 7.99. The summed E-state index contributed by atoms with van der Waals surface area (Å²) in [6.45, 7) is 0. The predicted octanol–water partition coefficient (Wildman–Crippen LogP) is 5.37. The molecular formula is C16H12ClF4NOS. The van der Waals surface area contributed by atoms with Gasteiger partial charge in [-0.15, -0.1) is 11.8 Å². The fourth-order valence-corrected chi connectivity index (χ4v) is 2.80. The lowest BCUT2D eigenvalue weighted by Crippen LogP contribution is -2.14. The Kier molecular flexibility index (Phi) is 6.12. The third-order valence-corrected chi connectivity index (χ3v) is 4.22. The monoisotopic (exact) mass is 377 g/mol. The Hall–Kier alpha value is -1.73. The molecule has 0 saturated carbocycles. The first-order valence-corrected chi connectivity index (χ1v) is 8.28. The molecule has 1 N–H and O–H groups in total. The number of rotatable bonds is 5. The highest BCUT2D eigenvalue weighted by Crippen LogP contribution is 2.29. The van der Waals surface area contributed by atoms with E-state index in [0.29, 0.717) is 10.6 Å². The second-order valence-electron chi connectivity index (χ2n) is 4.85. The van der Waals surface area contributed by atoms with Crippen LogP contribution in [0.1, 0.15) is 11.1 Å². The Morgan fingerprint density at radius 3 is 2.38 bits per heavy atom. The molecule has 128 valence electrons. The van der Waals surface area contributed by atoms with Crippen LogP contribution in [0, 0.1) is 5.82 Å². The molecule has 0 unspecified atom stereocenters. The molecule has 2 nitrogen and oxygen atoms in total. The van der Waals surface area contributed by atoms with E-state index in [-0.39, 0.29) is 23.1 Å². The number of hydrogen-bond acceptors (Lipinski definition) is 2. The van der Waals surface area contributed by atoms with Crippen LogP contribution in [0.2, 0.25) is 5.02 Å². The largest absolute Gasteiger partial charge is 0.416 e. The summed E-state index contributed by atoms with van der Waals surface area (Å²) in [7, 11) is 0. The van der Waals surface area contributed by atoms with Crippen LogP contribution in [0.5, 0.6) is 0 Å². The van der Waals surface area contributed by atoms with Crippen LogP contribution in [-0.2, 0) is 16.7 Å². The molecule has 0 aliphatic rings. The molecule has 0 aliphatic carbocycles. The van der Waals surface area contributed by atoms with Gasteiger partial charge < -0.3 is 5.32 Å². The molecular weight excluding hydrogens is 366 g/mol. The van der Waals surface area contributed by atoms with Crippen molar-refractivity contribution in [3.63, 3.8) is 0 Å². The molecule has 0 fully saturated rings. The maximum atomic E-state index is 13.6. The standard InChI is InChI=1S/C16H12ClF4NOS/c17-12-4-1-10(14(18)7-12)8-24-9-15(23)22-13-5-2-11(3-6-13)16(19,20)21/h1-7H,8-9H2,(H,22,23). The molecule has 0 heterocycles. The third-order valence-electron chi connectivity index (χ3n) is 3.00. The Labute approximate surface area is 145 Å². The third kappa shape index (κ3) is 5.42. The van der Waals surface area contributed by atoms with E-state index >= 15 is 0 Å². The minimum absolute atomic E-state index is 0.0447. The van der Waals surface area contributed by atoms with Crippen molar-refractivity contribution in [3.8, 4) is 0 Å². The number of hydrogen-bond donors (Lipinski definition) is 1. The van der Waals surface area contributed by atoms with Crippen LogP contribution in [0.3, 0.4) is 0 Å². The van der Waals surface area contributed by atoms with Gasteiger partial charge in [0.15, 0.2) is 0 Å². The first-order chi connectivity index (χ1) is 11.3. The number of benzene rings is 2. The number of halogens is 5. The number of nitrogens with one attached hydrogen (secondary N) is 1. The van der Waals surface area contributed by atoms with Crippen LogP contribution >= 0.6 is 23.4 Å². The minimum atomic E-state index is -4.42. The molecule has 0 atom stereocenters. The highest BCUT2D eigenvalue weighted by Gasteiger charge is 2.29. The summed E-state index contributed by atoms with van der Waals surface area (Å²) < 4.78 is 50.9. The molecule has 0 saturated heterocycles.